The Kier molecular flexibility index (Phi) is 10.3. The third kappa shape index (κ3) is 7.45. The number of fused-ring (bicyclic) bond motifs is 4. The Balaban J connectivity index is 1.24. The number of halogens is 1. The van der Waals surface area contributed by atoms with Gasteiger partial charge in [0.25, 0.3) is 5.91 Å². The molecule has 2 bridgehead atoms. The third-order valence-corrected chi connectivity index (χ3v) is 12.9. The SMILES string of the molecule is CO[C@H]1/C=C/CCCS(=O)(NC(=O)CCc2cncnc2)=NC(=O)c2ccc3c(c2)N(C[C@@H]2CC[C@H]21)C[C@@]1(CCCc2cc(Cl)ccc21)CO3. The Morgan fingerprint density at radius 3 is 2.82 bits per heavy atom. The molecule has 1 fully saturated rings. The second-order valence-electron chi connectivity index (χ2n) is 14.1. The lowest BCUT2D eigenvalue weighted by molar-refractivity contribution is -0.119. The molecule has 1 saturated carbocycles. The number of anilines is 1. The standard InChI is InChI=1S/C38H44ClN5O5S/c1-48-34-7-3-2-4-17-50(47,42-36(45)15-8-26-20-40-25-41-21-26)43-37(46)28-10-14-35-33(19-28)44(22-29-9-12-31(29)34)23-38(24-49-35)16-5-6-27-18-30(39)11-13-32(27)38/h3,7,10-11,13-14,18-21,25,29,31,34H,2,4-6,8-9,12,15-17,22-24H2,1H3,(H,42,43,45,46,47)/b7-3+/t29-,31+,34-,38-,50?/m0/s1. The van der Waals surface area contributed by atoms with Crippen LogP contribution in [-0.2, 0) is 37.7 Å². The molecule has 2 aliphatic carbocycles. The van der Waals surface area contributed by atoms with Gasteiger partial charge in [0.15, 0.2) is 0 Å². The van der Waals surface area contributed by atoms with Crippen LogP contribution in [0.4, 0.5) is 5.69 Å². The molecule has 1 N–H and O–H groups in total. The van der Waals surface area contributed by atoms with E-state index in [-0.39, 0.29) is 23.7 Å². The Labute approximate surface area is 299 Å². The first-order valence-electron chi connectivity index (χ1n) is 17.6. The number of methoxy groups -OCH3 is 1. The summed E-state index contributed by atoms with van der Waals surface area (Å²) in [5.74, 6) is 0.418. The van der Waals surface area contributed by atoms with Gasteiger partial charge in [-0.05, 0) is 110 Å². The molecule has 5 atom stereocenters. The molecule has 3 aromatic rings. The van der Waals surface area contributed by atoms with E-state index >= 15 is 0 Å². The van der Waals surface area contributed by atoms with Crippen LogP contribution in [0.5, 0.6) is 5.75 Å². The van der Waals surface area contributed by atoms with Crippen molar-refractivity contribution in [3.8, 4) is 5.75 Å². The first kappa shape index (κ1) is 34.6. The van der Waals surface area contributed by atoms with Crippen molar-refractivity contribution in [2.75, 3.05) is 37.5 Å². The average molecular weight is 718 g/mol. The Hall–Kier alpha value is -3.80. The predicted molar refractivity (Wildman–Crippen MR) is 194 cm³/mol. The van der Waals surface area contributed by atoms with E-state index in [1.54, 1.807) is 25.6 Å². The fraction of sp³-hybridized carbons (Fsp3) is 0.474. The second-order valence-corrected chi connectivity index (χ2v) is 16.6. The molecular formula is C38H44ClN5O5S. The fourth-order valence-corrected chi connectivity index (χ4v) is 9.88. The first-order chi connectivity index (χ1) is 24.2. The Morgan fingerprint density at radius 2 is 2.02 bits per heavy atom. The first-order valence-corrected chi connectivity index (χ1v) is 19.6. The molecule has 264 valence electrons. The van der Waals surface area contributed by atoms with Crippen molar-refractivity contribution in [3.05, 3.63) is 94.5 Å². The number of benzene rings is 2. The number of aryl methyl sites for hydroxylation is 2. The number of aromatic nitrogens is 2. The van der Waals surface area contributed by atoms with Crippen LogP contribution in [-0.4, -0.2) is 64.7 Å². The Morgan fingerprint density at radius 1 is 1.16 bits per heavy atom. The number of hydrogen-bond donors (Lipinski definition) is 1. The highest BCUT2D eigenvalue weighted by molar-refractivity contribution is 7.92. The summed E-state index contributed by atoms with van der Waals surface area (Å²) in [6.07, 6.45) is 15.5. The van der Waals surface area contributed by atoms with Gasteiger partial charge in [-0.15, -0.1) is 4.36 Å². The van der Waals surface area contributed by atoms with Gasteiger partial charge in [0.05, 0.1) is 24.2 Å². The van der Waals surface area contributed by atoms with Gasteiger partial charge >= 0.3 is 0 Å². The van der Waals surface area contributed by atoms with Crippen molar-refractivity contribution >= 4 is 39.0 Å². The summed E-state index contributed by atoms with van der Waals surface area (Å²) in [5, 5.41) is 0.741. The van der Waals surface area contributed by atoms with E-state index in [0.717, 1.165) is 61.5 Å². The normalized spacial score (nSPS) is 28.6. The van der Waals surface area contributed by atoms with Gasteiger partial charge in [0.2, 0.25) is 5.91 Å². The molecule has 0 radical (unpaired) electrons. The number of amides is 2. The summed E-state index contributed by atoms with van der Waals surface area (Å²) < 4.78 is 33.7. The van der Waals surface area contributed by atoms with Gasteiger partial charge < -0.3 is 14.4 Å². The lowest BCUT2D eigenvalue weighted by Gasteiger charge is -2.46. The molecule has 50 heavy (non-hydrogen) atoms. The molecule has 7 rings (SSSR count). The van der Waals surface area contributed by atoms with Crippen LogP contribution in [0.2, 0.25) is 5.02 Å². The molecule has 4 aliphatic rings. The van der Waals surface area contributed by atoms with Crippen LogP contribution >= 0.6 is 11.6 Å². The number of ether oxygens (including phenoxy) is 2. The van der Waals surface area contributed by atoms with E-state index in [1.165, 1.54) is 17.5 Å². The maximum absolute atomic E-state index is 14.2. The number of allylic oxidation sites excluding steroid dienone is 1. The van der Waals surface area contributed by atoms with Crippen LogP contribution in [0.1, 0.15) is 72.0 Å². The van der Waals surface area contributed by atoms with Crippen LogP contribution < -0.4 is 14.4 Å². The maximum Gasteiger partial charge on any atom is 0.286 e. The van der Waals surface area contributed by atoms with Crippen molar-refractivity contribution in [2.45, 2.75) is 69.3 Å². The zero-order valence-corrected chi connectivity index (χ0v) is 30.0. The van der Waals surface area contributed by atoms with Gasteiger partial charge in [0, 0.05) is 55.0 Å². The van der Waals surface area contributed by atoms with E-state index in [2.05, 4.69) is 48.2 Å². The third-order valence-electron chi connectivity index (χ3n) is 10.8. The smallest absolute Gasteiger partial charge is 0.286 e. The molecule has 1 aromatic heterocycles. The van der Waals surface area contributed by atoms with Crippen LogP contribution in [0.15, 0.2) is 71.6 Å². The molecule has 12 heteroatoms. The van der Waals surface area contributed by atoms with Gasteiger partial charge in [-0.1, -0.05) is 29.8 Å². The summed E-state index contributed by atoms with van der Waals surface area (Å²) in [6.45, 7) is 2.02. The largest absolute Gasteiger partial charge is 0.490 e. The molecule has 2 aromatic carbocycles. The molecular weight excluding hydrogens is 674 g/mol. The number of carbonyl (C=O) groups excluding carboxylic acids is 2. The van der Waals surface area contributed by atoms with Gasteiger partial charge in [-0.2, -0.15) is 0 Å². The average Bonchev–Trinajstić information content (AvgIpc) is 3.25. The molecule has 10 nitrogen and oxygen atoms in total. The maximum atomic E-state index is 14.2. The summed E-state index contributed by atoms with van der Waals surface area (Å²) in [5.41, 5.74) is 4.21. The number of carbonyl (C=O) groups is 2. The fourth-order valence-electron chi connectivity index (χ4n) is 8.06. The summed E-state index contributed by atoms with van der Waals surface area (Å²) in [7, 11) is -1.66. The van der Waals surface area contributed by atoms with Crippen molar-refractivity contribution in [1.29, 1.82) is 0 Å². The van der Waals surface area contributed by atoms with E-state index in [0.29, 0.717) is 49.0 Å². The van der Waals surface area contributed by atoms with E-state index < -0.39 is 21.7 Å². The van der Waals surface area contributed by atoms with Crippen molar-refractivity contribution < 1.29 is 23.3 Å². The lowest BCUT2D eigenvalue weighted by atomic mass is 9.68. The van der Waals surface area contributed by atoms with Gasteiger partial charge in [-0.3, -0.25) is 14.3 Å². The van der Waals surface area contributed by atoms with E-state index in [4.69, 9.17) is 21.1 Å². The number of nitrogens with zero attached hydrogens (tertiary/aromatic N) is 4. The minimum atomic E-state index is -3.42. The zero-order chi connectivity index (χ0) is 34.7. The van der Waals surface area contributed by atoms with E-state index in [9.17, 15) is 13.8 Å². The molecule has 2 amide bonds. The summed E-state index contributed by atoms with van der Waals surface area (Å²) in [6, 6.07) is 11.6. The van der Waals surface area contributed by atoms with Crippen LogP contribution in [0.3, 0.4) is 0 Å². The topological polar surface area (TPSA) is 123 Å². The molecule has 1 spiro atoms. The Bertz CT molecular complexity index is 1900. The van der Waals surface area contributed by atoms with Crippen molar-refractivity contribution in [2.24, 2.45) is 16.2 Å². The highest BCUT2D eigenvalue weighted by Crippen LogP contribution is 2.47. The second kappa shape index (κ2) is 14.8. The number of nitrogens with one attached hydrogen (secondary N) is 1. The number of hydrogen-bond acceptors (Lipinski definition) is 8. The van der Waals surface area contributed by atoms with Crippen molar-refractivity contribution in [1.82, 2.24) is 14.7 Å². The van der Waals surface area contributed by atoms with Gasteiger partial charge in [-0.25, -0.2) is 14.2 Å². The highest BCUT2D eigenvalue weighted by Gasteiger charge is 2.44. The predicted octanol–water partition coefficient (Wildman–Crippen LogP) is 6.27. The lowest BCUT2D eigenvalue weighted by Crippen LogP contribution is -2.49. The van der Waals surface area contributed by atoms with E-state index in [1.807, 2.05) is 18.2 Å². The number of rotatable bonds is 5. The molecule has 2 aliphatic heterocycles. The monoisotopic (exact) mass is 717 g/mol. The van der Waals surface area contributed by atoms with Crippen LogP contribution in [0, 0.1) is 11.8 Å². The summed E-state index contributed by atoms with van der Waals surface area (Å²) >= 11 is 6.45. The highest BCUT2D eigenvalue weighted by atomic mass is 35.5. The molecule has 1 unspecified atom stereocenters. The molecule has 0 saturated heterocycles. The van der Waals surface area contributed by atoms with Gasteiger partial charge in [0.1, 0.15) is 22.0 Å². The minimum Gasteiger partial charge on any atom is -0.490 e. The minimum absolute atomic E-state index is 0.0408. The molecule has 3 heterocycles. The summed E-state index contributed by atoms with van der Waals surface area (Å²) in [4.78, 5) is 37.3. The van der Waals surface area contributed by atoms with Crippen molar-refractivity contribution in [3.63, 3.8) is 0 Å². The quantitative estimate of drug-likeness (QED) is 0.307. The zero-order valence-electron chi connectivity index (χ0n) is 28.4. The van der Waals surface area contributed by atoms with Crippen LogP contribution in [0.25, 0.3) is 0 Å².